The summed E-state index contributed by atoms with van der Waals surface area (Å²) in [5, 5.41) is 11.7. The second kappa shape index (κ2) is 8.86. The van der Waals surface area contributed by atoms with Crippen molar-refractivity contribution in [2.75, 3.05) is 37.4 Å². The Hall–Kier alpha value is -2.84. The molecule has 5 heteroatoms. The number of hydrogen-bond acceptors (Lipinski definition) is 3. The van der Waals surface area contributed by atoms with E-state index in [1.165, 1.54) is 16.2 Å². The molecule has 2 aromatic carbocycles. The van der Waals surface area contributed by atoms with Crippen LogP contribution in [0.1, 0.15) is 18.1 Å². The molecule has 0 aromatic heterocycles. The zero-order valence-corrected chi connectivity index (χ0v) is 15.0. The number of benzene rings is 2. The Kier molecular flexibility index (Phi) is 6.55. The summed E-state index contributed by atoms with van der Waals surface area (Å²) in [4.78, 5) is 15.5. The highest BCUT2D eigenvalue weighted by Crippen LogP contribution is 2.11. The molecular weight excluding hydrogens is 312 g/mol. The number of nitrogens with one attached hydrogen (secondary N) is 2. The first-order valence-corrected chi connectivity index (χ1v) is 8.41. The molecule has 0 saturated heterocycles. The maximum Gasteiger partial charge on any atom is 0.279 e. The van der Waals surface area contributed by atoms with Crippen molar-refractivity contribution in [3.05, 3.63) is 59.7 Å². The van der Waals surface area contributed by atoms with Crippen molar-refractivity contribution in [1.82, 2.24) is 0 Å². The molecule has 25 heavy (non-hydrogen) atoms. The van der Waals surface area contributed by atoms with Gasteiger partial charge in [-0.1, -0.05) is 12.1 Å². The summed E-state index contributed by atoms with van der Waals surface area (Å²) in [6, 6.07) is 17.4. The molecule has 0 radical (unpaired) electrons. The molecule has 0 aliphatic carbocycles. The summed E-state index contributed by atoms with van der Waals surface area (Å²) >= 11 is 0. The molecule has 1 amide bonds. The number of nitriles is 1. The van der Waals surface area contributed by atoms with Crippen molar-refractivity contribution in [2.45, 2.75) is 13.5 Å². The van der Waals surface area contributed by atoms with E-state index in [0.29, 0.717) is 12.1 Å². The van der Waals surface area contributed by atoms with Crippen molar-refractivity contribution in [1.29, 1.82) is 5.26 Å². The van der Waals surface area contributed by atoms with Crippen LogP contribution in [-0.2, 0) is 11.3 Å². The Bertz CT molecular complexity index is 730. The number of quaternary nitrogens is 1. The van der Waals surface area contributed by atoms with Crippen LogP contribution in [0.5, 0.6) is 0 Å². The summed E-state index contributed by atoms with van der Waals surface area (Å²) in [6.07, 6.45) is 0. The topological polar surface area (TPSA) is 60.6 Å². The van der Waals surface area contributed by atoms with E-state index in [1.807, 2.05) is 14.1 Å². The van der Waals surface area contributed by atoms with Crippen molar-refractivity contribution >= 4 is 17.3 Å². The Morgan fingerprint density at radius 3 is 2.28 bits per heavy atom. The van der Waals surface area contributed by atoms with Gasteiger partial charge in [0.1, 0.15) is 6.54 Å². The molecule has 0 spiro atoms. The Balaban J connectivity index is 1.91. The van der Waals surface area contributed by atoms with Gasteiger partial charge < -0.3 is 15.1 Å². The van der Waals surface area contributed by atoms with Crippen LogP contribution in [0.2, 0.25) is 0 Å². The summed E-state index contributed by atoms with van der Waals surface area (Å²) < 4.78 is 0. The lowest BCUT2D eigenvalue weighted by Crippen LogP contribution is -3.11. The maximum absolute atomic E-state index is 12.3. The average Bonchev–Trinajstić information content (AvgIpc) is 2.62. The van der Waals surface area contributed by atoms with Crippen LogP contribution in [0, 0.1) is 11.3 Å². The fourth-order valence-electron chi connectivity index (χ4n) is 2.57. The van der Waals surface area contributed by atoms with E-state index in [0.717, 1.165) is 18.8 Å². The molecule has 0 saturated carbocycles. The third-order valence-electron chi connectivity index (χ3n) is 4.12. The first-order chi connectivity index (χ1) is 12.0. The predicted octanol–water partition coefficient (Wildman–Crippen LogP) is 1.67. The van der Waals surface area contributed by atoms with Crippen molar-refractivity contribution in [3.63, 3.8) is 0 Å². The van der Waals surface area contributed by atoms with Crippen LogP contribution < -0.4 is 15.1 Å². The van der Waals surface area contributed by atoms with Gasteiger partial charge in [0, 0.05) is 31.0 Å². The van der Waals surface area contributed by atoms with Crippen LogP contribution in [0.15, 0.2) is 48.5 Å². The first kappa shape index (κ1) is 18.5. The van der Waals surface area contributed by atoms with Crippen LogP contribution in [0.4, 0.5) is 11.4 Å². The van der Waals surface area contributed by atoms with Gasteiger partial charge in [-0.3, -0.25) is 4.79 Å². The van der Waals surface area contributed by atoms with Gasteiger partial charge in [0.15, 0.2) is 6.54 Å². The quantitative estimate of drug-likeness (QED) is 0.808. The van der Waals surface area contributed by atoms with Gasteiger partial charge in [0.25, 0.3) is 5.91 Å². The lowest BCUT2D eigenvalue weighted by molar-refractivity contribution is -0.903. The zero-order chi connectivity index (χ0) is 18.2. The Morgan fingerprint density at radius 2 is 1.76 bits per heavy atom. The summed E-state index contributed by atoms with van der Waals surface area (Å²) in [7, 11) is 4.04. The highest BCUT2D eigenvalue weighted by molar-refractivity contribution is 5.91. The molecule has 0 aliphatic rings. The fraction of sp³-hybridized carbons (Fsp3) is 0.300. The molecule has 0 bridgehead atoms. The molecular formula is C20H25N4O+. The van der Waals surface area contributed by atoms with Gasteiger partial charge in [0.2, 0.25) is 0 Å². The maximum atomic E-state index is 12.3. The molecule has 130 valence electrons. The van der Waals surface area contributed by atoms with Crippen molar-refractivity contribution < 1.29 is 9.69 Å². The highest BCUT2D eigenvalue weighted by atomic mass is 16.2. The van der Waals surface area contributed by atoms with Crippen molar-refractivity contribution in [2.24, 2.45) is 0 Å². The third kappa shape index (κ3) is 5.63. The van der Waals surface area contributed by atoms with Gasteiger partial charge in [-0.25, -0.2) is 0 Å². The number of likely N-dealkylation sites (N-methyl/N-ethyl adjacent to an activating group) is 1. The summed E-state index contributed by atoms with van der Waals surface area (Å²) in [5.41, 5.74) is 3.68. The van der Waals surface area contributed by atoms with Crippen LogP contribution in [0.25, 0.3) is 0 Å². The Labute approximate surface area is 149 Å². The molecule has 5 nitrogen and oxygen atoms in total. The van der Waals surface area contributed by atoms with Crippen LogP contribution in [0.3, 0.4) is 0 Å². The average molecular weight is 337 g/mol. The molecule has 0 heterocycles. The number of rotatable bonds is 7. The second-order valence-corrected chi connectivity index (χ2v) is 6.26. The van der Waals surface area contributed by atoms with Gasteiger partial charge in [0.05, 0.1) is 18.2 Å². The van der Waals surface area contributed by atoms with E-state index in [1.54, 1.807) is 24.3 Å². The van der Waals surface area contributed by atoms with Gasteiger partial charge in [-0.05, 0) is 43.3 Å². The minimum Gasteiger partial charge on any atom is -0.378 e. The standard InChI is InChI=1S/C20H24N4O/c1-4-24(14-17-7-11-19(12-8-17)23(2)3)15-20(25)22-18-9-5-16(13-21)6-10-18/h5-12H,4,14-15H2,1-3H3,(H,22,25)/p+1. The zero-order valence-electron chi connectivity index (χ0n) is 15.0. The van der Waals surface area contributed by atoms with Gasteiger partial charge in [-0.2, -0.15) is 5.26 Å². The third-order valence-corrected chi connectivity index (χ3v) is 4.12. The summed E-state index contributed by atoms with van der Waals surface area (Å²) in [6.45, 7) is 4.17. The van der Waals surface area contributed by atoms with Crippen LogP contribution >= 0.6 is 0 Å². The molecule has 0 aliphatic heterocycles. The van der Waals surface area contributed by atoms with Gasteiger partial charge in [-0.15, -0.1) is 0 Å². The van der Waals surface area contributed by atoms with Crippen LogP contribution in [-0.4, -0.2) is 33.1 Å². The largest absolute Gasteiger partial charge is 0.378 e. The van der Waals surface area contributed by atoms with E-state index < -0.39 is 0 Å². The number of carbonyl (C=O) groups excluding carboxylic acids is 1. The smallest absolute Gasteiger partial charge is 0.279 e. The number of nitrogens with zero attached hydrogens (tertiary/aromatic N) is 2. The molecule has 0 fully saturated rings. The minimum atomic E-state index is -0.0218. The predicted molar refractivity (Wildman–Crippen MR) is 101 cm³/mol. The normalized spacial score (nSPS) is 11.4. The molecule has 2 aromatic rings. The number of hydrogen-bond donors (Lipinski definition) is 2. The lowest BCUT2D eigenvalue weighted by Gasteiger charge is -2.18. The van der Waals surface area contributed by atoms with E-state index >= 15 is 0 Å². The van der Waals surface area contributed by atoms with E-state index in [9.17, 15) is 4.79 Å². The van der Waals surface area contributed by atoms with E-state index in [4.69, 9.17) is 5.26 Å². The highest BCUT2D eigenvalue weighted by Gasteiger charge is 2.13. The second-order valence-electron chi connectivity index (χ2n) is 6.26. The number of amides is 1. The number of carbonyl (C=O) groups is 1. The molecule has 1 unspecified atom stereocenters. The van der Waals surface area contributed by atoms with E-state index in [-0.39, 0.29) is 5.91 Å². The van der Waals surface area contributed by atoms with E-state index in [2.05, 4.69) is 47.5 Å². The van der Waals surface area contributed by atoms with Crippen molar-refractivity contribution in [3.8, 4) is 6.07 Å². The molecule has 2 rings (SSSR count). The molecule has 1 atom stereocenters. The lowest BCUT2D eigenvalue weighted by atomic mass is 10.2. The minimum absolute atomic E-state index is 0.0218. The molecule has 2 N–H and O–H groups in total. The summed E-state index contributed by atoms with van der Waals surface area (Å²) in [5.74, 6) is -0.0218. The SMILES string of the molecule is CC[NH+](CC(=O)Nc1ccc(C#N)cc1)Cc1ccc(N(C)C)cc1. The fourth-order valence-corrected chi connectivity index (χ4v) is 2.57. The first-order valence-electron chi connectivity index (χ1n) is 8.41. The monoisotopic (exact) mass is 337 g/mol. The Morgan fingerprint density at radius 1 is 1.12 bits per heavy atom. The number of anilines is 2. The van der Waals surface area contributed by atoms with Gasteiger partial charge >= 0.3 is 0 Å².